The van der Waals surface area contributed by atoms with Crippen LogP contribution in [-0.4, -0.2) is 35.4 Å². The number of alkyl halides is 3. The summed E-state index contributed by atoms with van der Waals surface area (Å²) in [4.78, 5) is 11.1. The van der Waals surface area contributed by atoms with Gasteiger partial charge in [0.1, 0.15) is 0 Å². The number of hydrogen-bond acceptors (Lipinski definition) is 3. The minimum Gasteiger partial charge on any atom is -0.389 e. The van der Waals surface area contributed by atoms with Crippen molar-refractivity contribution in [2.24, 2.45) is 0 Å². The molecule has 7 heteroatoms. The van der Waals surface area contributed by atoms with Crippen LogP contribution in [0.3, 0.4) is 0 Å². The standard InChI is InChI=1S/C21H26F3NO3/c1-25-20(28)14-13-19(27)10-5-3-2-4-9-18(26)12-11-16-7-6-8-17(15-16)21(22,23)24/h2-10,15,18-19,26-27H,11-14H2,1H3,(H,25,28). The zero-order chi connectivity index (χ0) is 21.0. The minimum atomic E-state index is -4.37. The van der Waals surface area contributed by atoms with Crippen molar-refractivity contribution >= 4 is 5.91 Å². The van der Waals surface area contributed by atoms with E-state index in [9.17, 15) is 28.2 Å². The van der Waals surface area contributed by atoms with Gasteiger partial charge in [-0.2, -0.15) is 13.2 Å². The molecule has 0 radical (unpaired) electrons. The van der Waals surface area contributed by atoms with E-state index in [0.29, 0.717) is 24.8 Å². The molecule has 28 heavy (non-hydrogen) atoms. The summed E-state index contributed by atoms with van der Waals surface area (Å²) >= 11 is 0. The summed E-state index contributed by atoms with van der Waals surface area (Å²) in [6, 6.07) is 5.08. The van der Waals surface area contributed by atoms with Crippen molar-refractivity contribution in [3.8, 4) is 0 Å². The summed E-state index contributed by atoms with van der Waals surface area (Å²) < 4.78 is 38.0. The van der Waals surface area contributed by atoms with Crippen LogP contribution in [0.1, 0.15) is 30.4 Å². The Kier molecular flexibility index (Phi) is 10.3. The maximum atomic E-state index is 12.7. The van der Waals surface area contributed by atoms with Gasteiger partial charge < -0.3 is 15.5 Å². The lowest BCUT2D eigenvalue weighted by atomic mass is 10.0. The molecule has 1 aromatic carbocycles. The Morgan fingerprint density at radius 3 is 2.25 bits per heavy atom. The topological polar surface area (TPSA) is 69.6 Å². The van der Waals surface area contributed by atoms with Crippen molar-refractivity contribution in [1.29, 1.82) is 0 Å². The first kappa shape index (κ1) is 23.7. The fourth-order valence-electron chi connectivity index (χ4n) is 2.33. The summed E-state index contributed by atoms with van der Waals surface area (Å²) in [5.41, 5.74) is -0.172. The summed E-state index contributed by atoms with van der Waals surface area (Å²) in [6.07, 6.45) is 5.01. The predicted molar refractivity (Wildman–Crippen MR) is 102 cm³/mol. The van der Waals surface area contributed by atoms with Gasteiger partial charge in [-0.3, -0.25) is 4.79 Å². The van der Waals surface area contributed by atoms with Crippen LogP contribution >= 0.6 is 0 Å². The maximum Gasteiger partial charge on any atom is 0.416 e. The number of hydrogen-bond donors (Lipinski definition) is 3. The molecular formula is C21H26F3NO3. The van der Waals surface area contributed by atoms with Gasteiger partial charge in [0, 0.05) is 13.5 Å². The lowest BCUT2D eigenvalue weighted by Crippen LogP contribution is -2.19. The molecule has 0 heterocycles. The lowest BCUT2D eigenvalue weighted by Gasteiger charge is -2.09. The molecule has 0 saturated carbocycles. The second-order valence-corrected chi connectivity index (χ2v) is 6.24. The molecular weight excluding hydrogens is 371 g/mol. The van der Waals surface area contributed by atoms with Crippen molar-refractivity contribution in [2.75, 3.05) is 7.05 Å². The van der Waals surface area contributed by atoms with Crippen molar-refractivity contribution in [3.63, 3.8) is 0 Å². The van der Waals surface area contributed by atoms with E-state index in [1.165, 1.54) is 13.1 Å². The number of rotatable bonds is 10. The molecule has 1 aromatic rings. The van der Waals surface area contributed by atoms with Crippen LogP contribution < -0.4 is 5.32 Å². The van der Waals surface area contributed by atoms with E-state index < -0.39 is 23.9 Å². The van der Waals surface area contributed by atoms with Gasteiger partial charge in [0.15, 0.2) is 0 Å². The Morgan fingerprint density at radius 2 is 1.68 bits per heavy atom. The van der Waals surface area contributed by atoms with Gasteiger partial charge in [0.2, 0.25) is 5.91 Å². The highest BCUT2D eigenvalue weighted by molar-refractivity contribution is 5.75. The summed E-state index contributed by atoms with van der Waals surface area (Å²) in [5, 5.41) is 22.0. The first-order chi connectivity index (χ1) is 13.2. The van der Waals surface area contributed by atoms with Crippen molar-refractivity contribution in [3.05, 3.63) is 71.8 Å². The van der Waals surface area contributed by atoms with Gasteiger partial charge in [0.05, 0.1) is 17.8 Å². The number of carbonyl (C=O) groups excluding carboxylic acids is 1. The number of carbonyl (C=O) groups is 1. The average Bonchev–Trinajstić information content (AvgIpc) is 2.66. The fraction of sp³-hybridized carbons (Fsp3) is 0.381. The minimum absolute atomic E-state index is 0.134. The zero-order valence-electron chi connectivity index (χ0n) is 15.7. The summed E-state index contributed by atoms with van der Waals surface area (Å²) in [6.45, 7) is 0. The van der Waals surface area contributed by atoms with E-state index in [2.05, 4.69) is 5.32 Å². The number of halogens is 3. The first-order valence-electron chi connectivity index (χ1n) is 8.97. The molecule has 0 saturated heterocycles. The molecule has 1 amide bonds. The van der Waals surface area contributed by atoms with Gasteiger partial charge in [0.25, 0.3) is 0 Å². The van der Waals surface area contributed by atoms with Crippen LogP contribution in [-0.2, 0) is 17.4 Å². The Labute approximate surface area is 163 Å². The Hall–Kier alpha value is -2.38. The molecule has 0 aliphatic carbocycles. The highest BCUT2D eigenvalue weighted by atomic mass is 19.4. The van der Waals surface area contributed by atoms with Crippen molar-refractivity contribution in [2.45, 2.75) is 44.1 Å². The summed E-state index contributed by atoms with van der Waals surface area (Å²) in [7, 11) is 1.54. The zero-order valence-corrected chi connectivity index (χ0v) is 15.7. The van der Waals surface area contributed by atoms with Gasteiger partial charge in [-0.1, -0.05) is 54.7 Å². The molecule has 0 aliphatic heterocycles. The number of nitrogens with one attached hydrogen (secondary N) is 1. The second-order valence-electron chi connectivity index (χ2n) is 6.24. The maximum absolute atomic E-state index is 12.7. The molecule has 0 aliphatic rings. The van der Waals surface area contributed by atoms with Crippen LogP contribution in [0.5, 0.6) is 0 Å². The number of aliphatic hydroxyl groups excluding tert-OH is 2. The van der Waals surface area contributed by atoms with Crippen LogP contribution in [0.4, 0.5) is 13.2 Å². The third kappa shape index (κ3) is 10.1. The second kappa shape index (κ2) is 12.2. The van der Waals surface area contributed by atoms with Gasteiger partial charge in [-0.15, -0.1) is 0 Å². The third-order valence-corrected chi connectivity index (χ3v) is 3.93. The number of allylic oxidation sites excluding steroid dienone is 4. The molecule has 154 valence electrons. The van der Waals surface area contributed by atoms with E-state index >= 15 is 0 Å². The van der Waals surface area contributed by atoms with Crippen LogP contribution in [0.15, 0.2) is 60.7 Å². The number of benzene rings is 1. The fourth-order valence-corrected chi connectivity index (χ4v) is 2.33. The van der Waals surface area contributed by atoms with Crippen molar-refractivity contribution < 1.29 is 28.2 Å². The molecule has 0 aromatic heterocycles. The number of aryl methyl sites for hydroxylation is 1. The SMILES string of the molecule is CNC(=O)CCC(O)C=CC=CC=CC(O)CCc1cccc(C(F)(F)F)c1. The van der Waals surface area contributed by atoms with Gasteiger partial charge in [-0.05, 0) is 30.9 Å². The molecule has 1 rings (SSSR count). The van der Waals surface area contributed by atoms with Crippen LogP contribution in [0.2, 0.25) is 0 Å². The molecule has 2 unspecified atom stereocenters. The Balaban J connectivity index is 2.36. The molecule has 0 spiro atoms. The highest BCUT2D eigenvalue weighted by Crippen LogP contribution is 2.29. The molecule has 0 bridgehead atoms. The summed E-state index contributed by atoms with van der Waals surface area (Å²) in [5.74, 6) is -0.134. The Bertz CT molecular complexity index is 696. The van der Waals surface area contributed by atoms with E-state index in [-0.39, 0.29) is 12.3 Å². The van der Waals surface area contributed by atoms with E-state index in [0.717, 1.165) is 12.1 Å². The molecule has 2 atom stereocenters. The largest absolute Gasteiger partial charge is 0.416 e. The number of amides is 1. The molecule has 4 nitrogen and oxygen atoms in total. The van der Waals surface area contributed by atoms with Crippen LogP contribution in [0.25, 0.3) is 0 Å². The molecule has 0 fully saturated rings. The predicted octanol–water partition coefficient (Wildman–Crippen LogP) is 3.55. The van der Waals surface area contributed by atoms with Gasteiger partial charge in [-0.25, -0.2) is 0 Å². The van der Waals surface area contributed by atoms with E-state index in [1.807, 2.05) is 0 Å². The lowest BCUT2D eigenvalue weighted by molar-refractivity contribution is -0.137. The third-order valence-electron chi connectivity index (χ3n) is 3.93. The smallest absolute Gasteiger partial charge is 0.389 e. The van der Waals surface area contributed by atoms with Crippen molar-refractivity contribution in [1.82, 2.24) is 5.32 Å². The average molecular weight is 397 g/mol. The normalized spacial score (nSPS) is 14.8. The number of aliphatic hydroxyl groups is 2. The Morgan fingerprint density at radius 1 is 1.07 bits per heavy atom. The molecule has 3 N–H and O–H groups in total. The quantitative estimate of drug-likeness (QED) is 0.529. The van der Waals surface area contributed by atoms with E-state index in [1.54, 1.807) is 42.5 Å². The first-order valence-corrected chi connectivity index (χ1v) is 8.97. The van der Waals surface area contributed by atoms with Crippen LogP contribution in [0, 0.1) is 0 Å². The monoisotopic (exact) mass is 397 g/mol. The van der Waals surface area contributed by atoms with E-state index in [4.69, 9.17) is 0 Å². The highest BCUT2D eigenvalue weighted by Gasteiger charge is 2.30. The van der Waals surface area contributed by atoms with Gasteiger partial charge >= 0.3 is 6.18 Å².